The molecule has 0 atom stereocenters. The molecular formula is C22H44O4. The molecule has 0 spiro atoms. The Balaban J connectivity index is 3.86. The smallest absolute Gasteiger partial charge is 0.176 e. The fourth-order valence-electron chi connectivity index (χ4n) is 2.69. The molecule has 0 saturated carbocycles. The van der Waals surface area contributed by atoms with Gasteiger partial charge in [0, 0.05) is 7.11 Å². The number of ether oxygens (including phenoxy) is 4. The molecule has 0 fully saturated rings. The molecule has 0 N–H and O–H groups in total. The molecular weight excluding hydrogens is 328 g/mol. The maximum Gasteiger partial charge on any atom is 0.176 e. The molecule has 0 unspecified atom stereocenters. The van der Waals surface area contributed by atoms with Crippen LogP contribution < -0.4 is 0 Å². The summed E-state index contributed by atoms with van der Waals surface area (Å²) < 4.78 is 22.0. The Labute approximate surface area is 162 Å². The summed E-state index contributed by atoms with van der Waals surface area (Å²) in [5.41, 5.74) is 0. The first-order chi connectivity index (χ1) is 12.8. The van der Waals surface area contributed by atoms with Crippen molar-refractivity contribution in [3.8, 4) is 0 Å². The lowest BCUT2D eigenvalue weighted by Crippen LogP contribution is -2.16. The average Bonchev–Trinajstić information content (AvgIpc) is 2.65. The Morgan fingerprint density at radius 2 is 1.19 bits per heavy atom. The van der Waals surface area contributed by atoms with Gasteiger partial charge in [-0.25, -0.2) is 0 Å². The van der Waals surface area contributed by atoms with Crippen molar-refractivity contribution in [2.24, 2.45) is 0 Å². The van der Waals surface area contributed by atoms with E-state index in [1.807, 2.05) is 12.2 Å². The van der Waals surface area contributed by atoms with E-state index in [1.165, 1.54) is 64.2 Å². The Kier molecular flexibility index (Phi) is 22.3. The zero-order valence-electron chi connectivity index (χ0n) is 17.7. The number of methoxy groups -OCH3 is 1. The van der Waals surface area contributed by atoms with E-state index in [2.05, 4.69) is 13.8 Å². The molecule has 4 nitrogen and oxygen atoms in total. The summed E-state index contributed by atoms with van der Waals surface area (Å²) in [7, 11) is 1.62. The zero-order chi connectivity index (χ0) is 19.1. The van der Waals surface area contributed by atoms with Crippen LogP contribution in [-0.2, 0) is 18.9 Å². The van der Waals surface area contributed by atoms with E-state index in [0.29, 0.717) is 13.4 Å². The van der Waals surface area contributed by atoms with Gasteiger partial charge in [-0.2, -0.15) is 0 Å². The van der Waals surface area contributed by atoms with Crippen LogP contribution in [0, 0.1) is 0 Å². The molecule has 0 aromatic heterocycles. The Morgan fingerprint density at radius 1 is 0.692 bits per heavy atom. The molecule has 0 bridgehead atoms. The van der Waals surface area contributed by atoms with Crippen LogP contribution in [0.15, 0.2) is 12.2 Å². The highest BCUT2D eigenvalue weighted by Crippen LogP contribution is 2.09. The highest BCUT2D eigenvalue weighted by molar-refractivity contribution is 4.85. The summed E-state index contributed by atoms with van der Waals surface area (Å²) in [5, 5.41) is 0. The van der Waals surface area contributed by atoms with Crippen molar-refractivity contribution in [3.05, 3.63) is 12.2 Å². The van der Waals surface area contributed by atoms with Gasteiger partial charge in [0.25, 0.3) is 0 Å². The fourth-order valence-corrected chi connectivity index (χ4v) is 2.69. The monoisotopic (exact) mass is 372 g/mol. The molecule has 0 saturated heterocycles. The molecule has 156 valence electrons. The quantitative estimate of drug-likeness (QED) is 0.136. The molecule has 0 aromatic carbocycles. The van der Waals surface area contributed by atoms with E-state index in [9.17, 15) is 0 Å². The van der Waals surface area contributed by atoms with Crippen LogP contribution in [0.2, 0.25) is 0 Å². The number of hydrogen-bond donors (Lipinski definition) is 0. The second kappa shape index (κ2) is 22.6. The fraction of sp³-hybridized carbons (Fsp3) is 0.909. The average molecular weight is 373 g/mol. The van der Waals surface area contributed by atoms with Crippen molar-refractivity contribution in [1.82, 2.24) is 0 Å². The van der Waals surface area contributed by atoms with Gasteiger partial charge in [-0.15, -0.1) is 0 Å². The lowest BCUT2D eigenvalue weighted by atomic mass is 10.1. The maximum atomic E-state index is 5.90. The van der Waals surface area contributed by atoms with E-state index in [-0.39, 0.29) is 6.29 Å². The molecule has 0 aliphatic rings. The minimum Gasteiger partial charge on any atom is -0.359 e. The van der Waals surface area contributed by atoms with Crippen molar-refractivity contribution < 1.29 is 18.9 Å². The molecule has 0 rings (SSSR count). The predicted octanol–water partition coefficient (Wildman–Crippen LogP) is 6.24. The SMILES string of the molecule is CCCCCCCCOC(C=CCOCOC)OCCCCCCCC. The first-order valence-electron chi connectivity index (χ1n) is 10.8. The van der Waals surface area contributed by atoms with E-state index in [4.69, 9.17) is 18.9 Å². The van der Waals surface area contributed by atoms with Gasteiger partial charge in [-0.1, -0.05) is 84.1 Å². The molecule has 0 heterocycles. The molecule has 0 radical (unpaired) electrons. The summed E-state index contributed by atoms with van der Waals surface area (Å²) in [6, 6.07) is 0. The predicted molar refractivity (Wildman–Crippen MR) is 109 cm³/mol. The van der Waals surface area contributed by atoms with Gasteiger partial charge in [0.15, 0.2) is 6.29 Å². The normalized spacial score (nSPS) is 11.8. The topological polar surface area (TPSA) is 36.9 Å². The third-order valence-corrected chi connectivity index (χ3v) is 4.27. The van der Waals surface area contributed by atoms with Crippen molar-refractivity contribution in [2.75, 3.05) is 33.7 Å². The molecule has 0 amide bonds. The standard InChI is InChI=1S/C22H44O4/c1-4-6-8-10-12-14-19-25-22(17-16-18-24-21-23-3)26-20-15-13-11-9-7-5-2/h16-17,22H,4-15,18-21H2,1-3H3. The van der Waals surface area contributed by atoms with Crippen LogP contribution in [0.5, 0.6) is 0 Å². The van der Waals surface area contributed by atoms with E-state index < -0.39 is 0 Å². The van der Waals surface area contributed by atoms with E-state index in [1.54, 1.807) is 7.11 Å². The Hall–Kier alpha value is -0.420. The van der Waals surface area contributed by atoms with Gasteiger partial charge in [0.05, 0.1) is 19.8 Å². The molecule has 0 aliphatic heterocycles. The first-order valence-corrected chi connectivity index (χ1v) is 10.8. The maximum absolute atomic E-state index is 5.90. The van der Waals surface area contributed by atoms with Gasteiger partial charge in [0.2, 0.25) is 0 Å². The van der Waals surface area contributed by atoms with Gasteiger partial charge >= 0.3 is 0 Å². The van der Waals surface area contributed by atoms with Crippen LogP contribution in [0.4, 0.5) is 0 Å². The Morgan fingerprint density at radius 3 is 1.69 bits per heavy atom. The summed E-state index contributed by atoms with van der Waals surface area (Å²) in [4.78, 5) is 0. The van der Waals surface area contributed by atoms with E-state index in [0.717, 1.165) is 26.1 Å². The highest BCUT2D eigenvalue weighted by atomic mass is 16.7. The Bertz CT molecular complexity index is 263. The van der Waals surface area contributed by atoms with E-state index >= 15 is 0 Å². The van der Waals surface area contributed by atoms with Gasteiger partial charge < -0.3 is 18.9 Å². The number of hydrogen-bond acceptors (Lipinski definition) is 4. The van der Waals surface area contributed by atoms with Crippen molar-refractivity contribution in [3.63, 3.8) is 0 Å². The summed E-state index contributed by atoms with van der Waals surface area (Å²) in [6.07, 6.45) is 18.9. The summed E-state index contributed by atoms with van der Waals surface area (Å²) in [5.74, 6) is 0. The second-order valence-corrected chi connectivity index (χ2v) is 6.85. The minimum atomic E-state index is -0.257. The van der Waals surface area contributed by atoms with Crippen LogP contribution in [0.25, 0.3) is 0 Å². The lowest BCUT2D eigenvalue weighted by Gasteiger charge is -2.15. The van der Waals surface area contributed by atoms with Gasteiger partial charge in [-0.05, 0) is 18.9 Å². The van der Waals surface area contributed by atoms with Crippen LogP contribution >= 0.6 is 0 Å². The zero-order valence-corrected chi connectivity index (χ0v) is 17.7. The molecule has 0 aliphatic carbocycles. The van der Waals surface area contributed by atoms with Crippen molar-refractivity contribution >= 4 is 0 Å². The highest BCUT2D eigenvalue weighted by Gasteiger charge is 2.05. The van der Waals surface area contributed by atoms with Crippen molar-refractivity contribution in [2.45, 2.75) is 97.2 Å². The molecule has 4 heteroatoms. The number of unbranched alkanes of at least 4 members (excludes halogenated alkanes) is 10. The first kappa shape index (κ1) is 25.6. The summed E-state index contributed by atoms with van der Waals surface area (Å²) >= 11 is 0. The third-order valence-electron chi connectivity index (χ3n) is 4.27. The van der Waals surface area contributed by atoms with Crippen LogP contribution in [0.1, 0.15) is 90.9 Å². The largest absolute Gasteiger partial charge is 0.359 e. The second-order valence-electron chi connectivity index (χ2n) is 6.85. The summed E-state index contributed by atoms with van der Waals surface area (Å²) in [6.45, 7) is 6.85. The third kappa shape index (κ3) is 19.9. The lowest BCUT2D eigenvalue weighted by molar-refractivity contribution is -0.113. The molecule has 0 aromatic rings. The van der Waals surface area contributed by atoms with Gasteiger partial charge in [-0.3, -0.25) is 0 Å². The molecule has 26 heavy (non-hydrogen) atoms. The number of rotatable bonds is 21. The van der Waals surface area contributed by atoms with Crippen molar-refractivity contribution in [1.29, 1.82) is 0 Å². The minimum absolute atomic E-state index is 0.257. The van der Waals surface area contributed by atoms with Crippen LogP contribution in [0.3, 0.4) is 0 Å². The van der Waals surface area contributed by atoms with Gasteiger partial charge in [0.1, 0.15) is 6.79 Å². The van der Waals surface area contributed by atoms with Crippen LogP contribution in [-0.4, -0.2) is 40.0 Å².